The molecule has 0 aliphatic rings. The lowest BCUT2D eigenvalue weighted by Crippen LogP contribution is -2.40. The number of carbonyl (C=O) groups is 1. The van der Waals surface area contributed by atoms with Crippen molar-refractivity contribution in [3.63, 3.8) is 0 Å². The number of hydrogen-bond acceptors (Lipinski definition) is 3. The second-order valence-electron chi connectivity index (χ2n) is 4.84. The molecule has 5 nitrogen and oxygen atoms in total. The van der Waals surface area contributed by atoms with Crippen LogP contribution in [0, 0.1) is 0 Å². The van der Waals surface area contributed by atoms with Gasteiger partial charge in [0.25, 0.3) is 0 Å². The Morgan fingerprint density at radius 2 is 2.00 bits per heavy atom. The van der Waals surface area contributed by atoms with Crippen LogP contribution >= 0.6 is 0 Å². The van der Waals surface area contributed by atoms with Gasteiger partial charge < -0.3 is 20.3 Å². The number of aryl methyl sites for hydroxylation is 1. The van der Waals surface area contributed by atoms with Gasteiger partial charge in [0.1, 0.15) is 12.4 Å². The van der Waals surface area contributed by atoms with Crippen molar-refractivity contribution in [2.24, 2.45) is 0 Å². The maximum Gasteiger partial charge on any atom is 0.314 e. The van der Waals surface area contributed by atoms with E-state index in [1.165, 1.54) is 5.56 Å². The Bertz CT molecular complexity index is 408. The summed E-state index contributed by atoms with van der Waals surface area (Å²) in [7, 11) is 3.94. The van der Waals surface area contributed by atoms with Gasteiger partial charge in [-0.2, -0.15) is 0 Å². The lowest BCUT2D eigenvalue weighted by Gasteiger charge is -2.12. The maximum atomic E-state index is 11.4. The molecule has 1 aromatic rings. The number of urea groups is 1. The van der Waals surface area contributed by atoms with Gasteiger partial charge in [-0.05, 0) is 38.2 Å². The summed E-state index contributed by atoms with van der Waals surface area (Å²) >= 11 is 0. The van der Waals surface area contributed by atoms with Crippen molar-refractivity contribution in [1.82, 2.24) is 15.5 Å². The summed E-state index contributed by atoms with van der Waals surface area (Å²) in [6.45, 7) is 4.53. The zero-order valence-electron chi connectivity index (χ0n) is 12.6. The van der Waals surface area contributed by atoms with Crippen molar-refractivity contribution >= 4 is 6.03 Å². The fraction of sp³-hybridized carbons (Fsp3) is 0.533. The molecule has 0 spiro atoms. The van der Waals surface area contributed by atoms with Crippen LogP contribution in [-0.2, 0) is 6.42 Å². The van der Waals surface area contributed by atoms with Gasteiger partial charge in [-0.25, -0.2) is 4.79 Å². The molecular formula is C15H25N3O2. The van der Waals surface area contributed by atoms with Crippen molar-refractivity contribution in [3.8, 4) is 5.75 Å². The fourth-order valence-corrected chi connectivity index (χ4v) is 1.64. The van der Waals surface area contributed by atoms with E-state index >= 15 is 0 Å². The number of carbonyl (C=O) groups excluding carboxylic acids is 1. The molecule has 0 aromatic heterocycles. The average Bonchev–Trinajstić information content (AvgIpc) is 2.43. The lowest BCUT2D eigenvalue weighted by molar-refractivity contribution is 0.235. The molecule has 20 heavy (non-hydrogen) atoms. The molecular weight excluding hydrogens is 254 g/mol. The van der Waals surface area contributed by atoms with Gasteiger partial charge in [0, 0.05) is 13.1 Å². The molecule has 0 radical (unpaired) electrons. The molecule has 0 aliphatic heterocycles. The van der Waals surface area contributed by atoms with Gasteiger partial charge in [0.15, 0.2) is 0 Å². The smallest absolute Gasteiger partial charge is 0.314 e. The fourth-order valence-electron chi connectivity index (χ4n) is 1.64. The molecule has 1 aromatic carbocycles. The highest BCUT2D eigenvalue weighted by Gasteiger charge is 2.00. The minimum atomic E-state index is -0.155. The molecule has 1 rings (SSSR count). The Morgan fingerprint density at radius 3 is 2.70 bits per heavy atom. The highest BCUT2D eigenvalue weighted by molar-refractivity contribution is 5.73. The number of nitrogens with one attached hydrogen (secondary N) is 2. The zero-order valence-corrected chi connectivity index (χ0v) is 12.6. The SMILES string of the molecule is CCc1cccc(OCCNC(=O)NCCN(C)C)c1. The van der Waals surface area contributed by atoms with E-state index in [1.807, 2.05) is 37.2 Å². The van der Waals surface area contributed by atoms with Gasteiger partial charge in [0.05, 0.1) is 6.54 Å². The number of nitrogens with zero attached hydrogens (tertiary/aromatic N) is 1. The van der Waals surface area contributed by atoms with Gasteiger partial charge in [-0.15, -0.1) is 0 Å². The minimum Gasteiger partial charge on any atom is -0.492 e. The van der Waals surface area contributed by atoms with Crippen LogP contribution < -0.4 is 15.4 Å². The summed E-state index contributed by atoms with van der Waals surface area (Å²) in [5.41, 5.74) is 1.25. The highest BCUT2D eigenvalue weighted by atomic mass is 16.5. The molecule has 112 valence electrons. The van der Waals surface area contributed by atoms with Crippen molar-refractivity contribution in [3.05, 3.63) is 29.8 Å². The van der Waals surface area contributed by atoms with Crippen LogP contribution in [0.5, 0.6) is 5.75 Å². The van der Waals surface area contributed by atoms with Crippen LogP contribution in [0.4, 0.5) is 4.79 Å². The first-order chi connectivity index (χ1) is 9.61. The molecule has 0 atom stereocenters. The van der Waals surface area contributed by atoms with Crippen LogP contribution in [0.1, 0.15) is 12.5 Å². The van der Waals surface area contributed by atoms with Crippen molar-refractivity contribution < 1.29 is 9.53 Å². The number of hydrogen-bond donors (Lipinski definition) is 2. The third kappa shape index (κ3) is 6.99. The quantitative estimate of drug-likeness (QED) is 0.709. The standard InChI is InChI=1S/C15H25N3O2/c1-4-13-6-5-7-14(12-13)20-11-9-17-15(19)16-8-10-18(2)3/h5-7,12H,4,8-11H2,1-3H3,(H2,16,17,19). The van der Waals surface area contributed by atoms with Crippen LogP contribution in [0.15, 0.2) is 24.3 Å². The summed E-state index contributed by atoms with van der Waals surface area (Å²) in [4.78, 5) is 13.5. The Morgan fingerprint density at radius 1 is 1.25 bits per heavy atom. The van der Waals surface area contributed by atoms with E-state index in [0.717, 1.165) is 18.7 Å². The number of likely N-dealkylation sites (N-methyl/N-ethyl adjacent to an activating group) is 1. The summed E-state index contributed by atoms with van der Waals surface area (Å²) in [5.74, 6) is 0.846. The summed E-state index contributed by atoms with van der Waals surface area (Å²) in [6, 6.07) is 7.85. The maximum absolute atomic E-state index is 11.4. The van der Waals surface area contributed by atoms with Crippen LogP contribution in [0.25, 0.3) is 0 Å². The van der Waals surface area contributed by atoms with Crippen molar-refractivity contribution in [1.29, 1.82) is 0 Å². The van der Waals surface area contributed by atoms with Crippen LogP contribution in [-0.4, -0.2) is 51.3 Å². The number of ether oxygens (including phenoxy) is 1. The topological polar surface area (TPSA) is 53.6 Å². The van der Waals surface area contributed by atoms with Gasteiger partial charge in [-0.3, -0.25) is 0 Å². The molecule has 0 fully saturated rings. The van der Waals surface area contributed by atoms with E-state index in [-0.39, 0.29) is 6.03 Å². The predicted molar refractivity (Wildman–Crippen MR) is 81.3 cm³/mol. The predicted octanol–water partition coefficient (Wildman–Crippen LogP) is 1.49. The third-order valence-corrected chi connectivity index (χ3v) is 2.81. The van der Waals surface area contributed by atoms with E-state index < -0.39 is 0 Å². The van der Waals surface area contributed by atoms with E-state index in [1.54, 1.807) is 0 Å². The van der Waals surface area contributed by atoms with E-state index in [9.17, 15) is 4.79 Å². The van der Waals surface area contributed by atoms with Crippen LogP contribution in [0.3, 0.4) is 0 Å². The van der Waals surface area contributed by atoms with Crippen molar-refractivity contribution in [2.45, 2.75) is 13.3 Å². The molecule has 0 heterocycles. The molecule has 0 bridgehead atoms. The number of amides is 2. The monoisotopic (exact) mass is 279 g/mol. The Hall–Kier alpha value is -1.75. The van der Waals surface area contributed by atoms with E-state index in [4.69, 9.17) is 4.74 Å². The molecule has 0 unspecified atom stereocenters. The highest BCUT2D eigenvalue weighted by Crippen LogP contribution is 2.13. The molecule has 0 aliphatic carbocycles. The first kappa shape index (κ1) is 16.3. The van der Waals surface area contributed by atoms with Crippen LogP contribution in [0.2, 0.25) is 0 Å². The Balaban J connectivity index is 2.13. The largest absolute Gasteiger partial charge is 0.492 e. The molecule has 0 saturated heterocycles. The molecule has 5 heteroatoms. The molecule has 0 saturated carbocycles. The summed E-state index contributed by atoms with van der Waals surface area (Å²) in [5, 5.41) is 5.55. The first-order valence-electron chi connectivity index (χ1n) is 7.00. The summed E-state index contributed by atoms with van der Waals surface area (Å²) < 4.78 is 5.59. The number of benzene rings is 1. The molecule has 2 amide bonds. The second-order valence-corrected chi connectivity index (χ2v) is 4.84. The third-order valence-electron chi connectivity index (χ3n) is 2.81. The zero-order chi connectivity index (χ0) is 14.8. The van der Waals surface area contributed by atoms with E-state index in [0.29, 0.717) is 19.7 Å². The van der Waals surface area contributed by atoms with E-state index in [2.05, 4.69) is 23.6 Å². The molecule has 2 N–H and O–H groups in total. The van der Waals surface area contributed by atoms with Gasteiger partial charge in [0.2, 0.25) is 0 Å². The summed E-state index contributed by atoms with van der Waals surface area (Å²) in [6.07, 6.45) is 0.990. The normalized spacial score (nSPS) is 10.4. The first-order valence-corrected chi connectivity index (χ1v) is 7.00. The lowest BCUT2D eigenvalue weighted by atomic mass is 10.2. The van der Waals surface area contributed by atoms with Gasteiger partial charge in [-0.1, -0.05) is 19.1 Å². The average molecular weight is 279 g/mol. The van der Waals surface area contributed by atoms with Gasteiger partial charge >= 0.3 is 6.03 Å². The second kappa shape index (κ2) is 9.20. The number of rotatable bonds is 8. The Labute approximate surface area is 121 Å². The Kier molecular flexibility index (Phi) is 7.50. The van der Waals surface area contributed by atoms with Crippen molar-refractivity contribution in [2.75, 3.05) is 40.3 Å². The minimum absolute atomic E-state index is 0.155.